The lowest BCUT2D eigenvalue weighted by molar-refractivity contribution is -0.119. The van der Waals surface area contributed by atoms with Crippen LogP contribution in [0.1, 0.15) is 36.0 Å². The Morgan fingerprint density at radius 1 is 1.00 bits per heavy atom. The molecule has 0 spiro atoms. The van der Waals surface area contributed by atoms with Crippen LogP contribution in [0, 0.1) is 20.8 Å². The zero-order chi connectivity index (χ0) is 20.5. The zero-order valence-electron chi connectivity index (χ0n) is 16.7. The number of carbonyl (C=O) groups is 1. The molecule has 0 radical (unpaired) electrons. The minimum Gasteiger partial charge on any atom is -0.496 e. The van der Waals surface area contributed by atoms with Gasteiger partial charge in [-0.25, -0.2) is 8.42 Å². The number of benzene rings is 2. The van der Waals surface area contributed by atoms with Crippen LogP contribution in [0.4, 0.5) is 11.4 Å². The molecule has 150 valence electrons. The minimum absolute atomic E-state index is 0.0794. The molecule has 3 rings (SSSR count). The molecule has 7 heteroatoms. The number of hydrogen-bond acceptors (Lipinski definition) is 4. The number of sulfonamides is 1. The number of nitrogens with zero attached hydrogens (tertiary/aromatic N) is 1. The van der Waals surface area contributed by atoms with Crippen molar-refractivity contribution in [1.82, 2.24) is 0 Å². The van der Waals surface area contributed by atoms with Gasteiger partial charge in [0.05, 0.1) is 17.7 Å². The molecule has 1 aliphatic heterocycles. The first kappa shape index (κ1) is 20.2. The van der Waals surface area contributed by atoms with Crippen molar-refractivity contribution in [2.75, 3.05) is 23.3 Å². The summed E-state index contributed by atoms with van der Waals surface area (Å²) in [4.78, 5) is 14.2. The lowest BCUT2D eigenvalue weighted by Gasteiger charge is -2.28. The van der Waals surface area contributed by atoms with E-state index >= 15 is 0 Å². The number of aryl methyl sites for hydroxylation is 3. The SMILES string of the molecule is COc1c(C)cc(S(=O)(=O)Nc2ccc(C)c(N3CCCCC3=O)c2)cc1C. The van der Waals surface area contributed by atoms with Crippen LogP contribution < -0.4 is 14.4 Å². The van der Waals surface area contributed by atoms with Crippen LogP contribution in [0.3, 0.4) is 0 Å². The van der Waals surface area contributed by atoms with E-state index in [2.05, 4.69) is 4.72 Å². The summed E-state index contributed by atoms with van der Waals surface area (Å²) in [5, 5.41) is 0. The molecule has 0 atom stereocenters. The van der Waals surface area contributed by atoms with Crippen molar-refractivity contribution >= 4 is 27.3 Å². The third-order valence-electron chi connectivity index (χ3n) is 5.02. The molecule has 0 aromatic heterocycles. The summed E-state index contributed by atoms with van der Waals surface area (Å²) < 4.78 is 33.8. The number of amides is 1. The second-order valence-electron chi connectivity index (χ2n) is 7.20. The number of hydrogen-bond donors (Lipinski definition) is 1. The van der Waals surface area contributed by atoms with Gasteiger partial charge < -0.3 is 9.64 Å². The first-order valence-electron chi connectivity index (χ1n) is 9.32. The van der Waals surface area contributed by atoms with Gasteiger partial charge in [0.2, 0.25) is 5.91 Å². The van der Waals surface area contributed by atoms with E-state index in [1.807, 2.05) is 26.8 Å². The summed E-state index contributed by atoms with van der Waals surface area (Å²) >= 11 is 0. The van der Waals surface area contributed by atoms with Gasteiger partial charge in [-0.1, -0.05) is 6.07 Å². The third kappa shape index (κ3) is 3.99. The Balaban J connectivity index is 1.93. The molecule has 1 fully saturated rings. The highest BCUT2D eigenvalue weighted by atomic mass is 32.2. The second-order valence-corrected chi connectivity index (χ2v) is 8.88. The van der Waals surface area contributed by atoms with E-state index < -0.39 is 10.0 Å². The van der Waals surface area contributed by atoms with Crippen LogP contribution in [-0.2, 0) is 14.8 Å². The highest BCUT2D eigenvalue weighted by molar-refractivity contribution is 7.92. The van der Waals surface area contributed by atoms with Crippen molar-refractivity contribution in [3.8, 4) is 5.75 Å². The van der Waals surface area contributed by atoms with Crippen LogP contribution in [0.5, 0.6) is 5.75 Å². The van der Waals surface area contributed by atoms with E-state index in [-0.39, 0.29) is 10.8 Å². The van der Waals surface area contributed by atoms with E-state index in [1.165, 1.54) is 0 Å². The maximum atomic E-state index is 12.9. The Labute approximate surface area is 166 Å². The van der Waals surface area contributed by atoms with Crippen molar-refractivity contribution in [1.29, 1.82) is 0 Å². The number of ether oxygens (including phenoxy) is 1. The van der Waals surface area contributed by atoms with Gasteiger partial charge in [0.1, 0.15) is 5.75 Å². The maximum absolute atomic E-state index is 12.9. The van der Waals surface area contributed by atoms with Gasteiger partial charge in [0.15, 0.2) is 0 Å². The average Bonchev–Trinajstić information content (AvgIpc) is 2.63. The highest BCUT2D eigenvalue weighted by Gasteiger charge is 2.23. The number of piperidine rings is 1. The molecule has 28 heavy (non-hydrogen) atoms. The quantitative estimate of drug-likeness (QED) is 0.822. The molecule has 2 aromatic carbocycles. The monoisotopic (exact) mass is 402 g/mol. The summed E-state index contributed by atoms with van der Waals surface area (Å²) in [7, 11) is -2.20. The molecule has 6 nitrogen and oxygen atoms in total. The normalized spacial score (nSPS) is 14.9. The zero-order valence-corrected chi connectivity index (χ0v) is 17.5. The Morgan fingerprint density at radius 2 is 1.68 bits per heavy atom. The molecule has 2 aromatic rings. The van der Waals surface area contributed by atoms with Gasteiger partial charge in [0, 0.05) is 18.7 Å². The average molecular weight is 403 g/mol. The number of rotatable bonds is 5. The third-order valence-corrected chi connectivity index (χ3v) is 6.38. The van der Waals surface area contributed by atoms with Gasteiger partial charge in [0.25, 0.3) is 10.0 Å². The molecule has 1 saturated heterocycles. The summed E-state index contributed by atoms with van der Waals surface area (Å²) in [6.45, 7) is 6.21. The molecule has 0 aliphatic carbocycles. The number of methoxy groups -OCH3 is 1. The van der Waals surface area contributed by atoms with Gasteiger partial charge in [-0.15, -0.1) is 0 Å². The predicted molar refractivity (Wildman–Crippen MR) is 111 cm³/mol. The van der Waals surface area contributed by atoms with Crippen LogP contribution in [0.15, 0.2) is 35.2 Å². The fraction of sp³-hybridized carbons (Fsp3) is 0.381. The van der Waals surface area contributed by atoms with Crippen molar-refractivity contribution in [3.63, 3.8) is 0 Å². The Hall–Kier alpha value is -2.54. The Bertz CT molecular complexity index is 992. The lowest BCUT2D eigenvalue weighted by atomic mass is 10.1. The fourth-order valence-electron chi connectivity index (χ4n) is 3.63. The molecule has 1 aliphatic rings. The standard InChI is InChI=1S/C21H26N2O4S/c1-14-8-9-17(13-19(14)23-10-6-5-7-20(23)24)22-28(25,26)18-11-15(2)21(27-4)16(3)12-18/h8-9,11-13,22H,5-7,10H2,1-4H3. The largest absolute Gasteiger partial charge is 0.496 e. The fourth-order valence-corrected chi connectivity index (χ4v) is 4.84. The number of anilines is 2. The van der Waals surface area contributed by atoms with E-state index in [0.29, 0.717) is 24.4 Å². The molecule has 0 unspecified atom stereocenters. The van der Waals surface area contributed by atoms with Crippen LogP contribution in [0.25, 0.3) is 0 Å². The first-order valence-corrected chi connectivity index (χ1v) is 10.8. The first-order chi connectivity index (χ1) is 13.2. The van der Waals surface area contributed by atoms with Gasteiger partial charge in [-0.05, 0) is 74.6 Å². The number of carbonyl (C=O) groups excluding carboxylic acids is 1. The molecule has 0 saturated carbocycles. The van der Waals surface area contributed by atoms with Crippen LogP contribution in [-0.4, -0.2) is 28.0 Å². The van der Waals surface area contributed by atoms with E-state index in [4.69, 9.17) is 4.74 Å². The number of nitrogens with one attached hydrogen (secondary N) is 1. The van der Waals surface area contributed by atoms with Gasteiger partial charge in [-0.2, -0.15) is 0 Å². The maximum Gasteiger partial charge on any atom is 0.261 e. The van der Waals surface area contributed by atoms with Crippen LogP contribution in [0.2, 0.25) is 0 Å². The lowest BCUT2D eigenvalue weighted by Crippen LogP contribution is -2.35. The van der Waals surface area contributed by atoms with Crippen molar-refractivity contribution in [2.24, 2.45) is 0 Å². The van der Waals surface area contributed by atoms with Gasteiger partial charge in [-0.3, -0.25) is 9.52 Å². The summed E-state index contributed by atoms with van der Waals surface area (Å²) in [6.07, 6.45) is 2.38. The van der Waals surface area contributed by atoms with E-state index in [0.717, 1.165) is 35.2 Å². The molecular weight excluding hydrogens is 376 g/mol. The molecule has 0 bridgehead atoms. The summed E-state index contributed by atoms with van der Waals surface area (Å²) in [5.74, 6) is 0.760. The van der Waals surface area contributed by atoms with Crippen molar-refractivity contribution in [3.05, 3.63) is 47.0 Å². The summed E-state index contributed by atoms with van der Waals surface area (Å²) in [6, 6.07) is 8.47. The second kappa shape index (κ2) is 7.83. The molecular formula is C21H26N2O4S. The topological polar surface area (TPSA) is 75.7 Å². The smallest absolute Gasteiger partial charge is 0.261 e. The molecule has 1 heterocycles. The molecule has 1 amide bonds. The molecule has 1 N–H and O–H groups in total. The Morgan fingerprint density at radius 3 is 2.29 bits per heavy atom. The summed E-state index contributed by atoms with van der Waals surface area (Å²) in [5.41, 5.74) is 3.64. The van der Waals surface area contributed by atoms with E-state index in [9.17, 15) is 13.2 Å². The van der Waals surface area contributed by atoms with Crippen molar-refractivity contribution in [2.45, 2.75) is 44.9 Å². The van der Waals surface area contributed by atoms with Gasteiger partial charge >= 0.3 is 0 Å². The highest BCUT2D eigenvalue weighted by Crippen LogP contribution is 2.30. The van der Waals surface area contributed by atoms with E-state index in [1.54, 1.807) is 36.3 Å². The minimum atomic E-state index is -3.77. The van der Waals surface area contributed by atoms with Crippen molar-refractivity contribution < 1.29 is 17.9 Å². The van der Waals surface area contributed by atoms with Crippen LogP contribution >= 0.6 is 0 Å². The predicted octanol–water partition coefficient (Wildman–Crippen LogP) is 3.94. The Kier molecular flexibility index (Phi) is 5.65.